The van der Waals surface area contributed by atoms with Gasteiger partial charge in [-0.25, -0.2) is 4.98 Å². The number of rotatable bonds is 7. The fraction of sp³-hybridized carbons (Fsp3) is 0.421. The zero-order valence-corrected chi connectivity index (χ0v) is 16.9. The molecule has 0 saturated carbocycles. The molecule has 0 fully saturated rings. The maximum Gasteiger partial charge on any atom is 0.261 e. The molecule has 3 rings (SSSR count). The summed E-state index contributed by atoms with van der Waals surface area (Å²) in [6, 6.07) is 3.38. The van der Waals surface area contributed by atoms with Crippen LogP contribution in [0.3, 0.4) is 0 Å². The number of thiazole rings is 1. The standard InChI is InChI=1S/C19H25N5O2S/c1-12(2)8-23(4)10-14-5-6-16(18(26)21-14)17(25)20-7-15-11-24-9-13(3)27-19(24)22-15/h5-6,9,11-12H,7-8,10H2,1-4H3,(H,20,25)(H,21,26). The van der Waals surface area contributed by atoms with Gasteiger partial charge in [-0.05, 0) is 32.0 Å². The van der Waals surface area contributed by atoms with Crippen LogP contribution < -0.4 is 10.9 Å². The number of imidazole rings is 1. The van der Waals surface area contributed by atoms with Crippen LogP contribution in [-0.4, -0.2) is 38.8 Å². The minimum absolute atomic E-state index is 0.113. The molecule has 0 aliphatic carbocycles. The number of nitrogens with one attached hydrogen (secondary N) is 2. The molecule has 0 unspecified atom stereocenters. The molecule has 0 atom stereocenters. The van der Waals surface area contributed by atoms with Crippen LogP contribution in [0.15, 0.2) is 29.3 Å². The minimum Gasteiger partial charge on any atom is -0.346 e. The predicted molar refractivity (Wildman–Crippen MR) is 107 cm³/mol. The number of fused-ring (bicyclic) bond motifs is 1. The second-order valence-electron chi connectivity index (χ2n) is 7.26. The van der Waals surface area contributed by atoms with Gasteiger partial charge in [0.15, 0.2) is 4.96 Å². The molecular weight excluding hydrogens is 362 g/mol. The van der Waals surface area contributed by atoms with E-state index in [2.05, 4.69) is 34.0 Å². The Bertz CT molecular complexity index is 970. The molecule has 0 aliphatic rings. The van der Waals surface area contributed by atoms with E-state index in [1.165, 1.54) is 4.88 Å². The Morgan fingerprint density at radius 3 is 2.81 bits per heavy atom. The van der Waals surface area contributed by atoms with Crippen LogP contribution in [0.5, 0.6) is 0 Å². The normalized spacial score (nSPS) is 11.6. The number of nitrogens with zero attached hydrogens (tertiary/aromatic N) is 3. The van der Waals surface area contributed by atoms with Gasteiger partial charge in [0.2, 0.25) is 0 Å². The van der Waals surface area contributed by atoms with Crippen LogP contribution in [0.2, 0.25) is 0 Å². The highest BCUT2D eigenvalue weighted by Gasteiger charge is 2.13. The fourth-order valence-corrected chi connectivity index (χ4v) is 3.90. The van der Waals surface area contributed by atoms with Crippen molar-refractivity contribution < 1.29 is 4.79 Å². The summed E-state index contributed by atoms with van der Waals surface area (Å²) in [4.78, 5) is 36.1. The highest BCUT2D eigenvalue weighted by molar-refractivity contribution is 7.16. The summed E-state index contributed by atoms with van der Waals surface area (Å²) in [5.41, 5.74) is 1.30. The number of aromatic amines is 1. The van der Waals surface area contributed by atoms with Crippen LogP contribution in [0.1, 0.15) is 40.5 Å². The van der Waals surface area contributed by atoms with Gasteiger partial charge in [0.25, 0.3) is 11.5 Å². The lowest BCUT2D eigenvalue weighted by Gasteiger charge is -2.18. The van der Waals surface area contributed by atoms with Crippen molar-refractivity contribution in [1.82, 2.24) is 24.6 Å². The van der Waals surface area contributed by atoms with Gasteiger partial charge in [-0.1, -0.05) is 13.8 Å². The second-order valence-corrected chi connectivity index (χ2v) is 8.48. The molecule has 144 valence electrons. The lowest BCUT2D eigenvalue weighted by atomic mass is 10.2. The van der Waals surface area contributed by atoms with Crippen molar-refractivity contribution in [1.29, 1.82) is 0 Å². The Hall–Kier alpha value is -2.45. The quantitative estimate of drug-likeness (QED) is 0.652. The van der Waals surface area contributed by atoms with Crippen LogP contribution in [0.4, 0.5) is 0 Å². The summed E-state index contributed by atoms with van der Waals surface area (Å²) in [6.07, 6.45) is 3.88. The fourth-order valence-electron chi connectivity index (χ4n) is 3.07. The van der Waals surface area contributed by atoms with Gasteiger partial charge in [0, 0.05) is 36.1 Å². The van der Waals surface area contributed by atoms with E-state index >= 15 is 0 Å². The number of aryl methyl sites for hydroxylation is 1. The van der Waals surface area contributed by atoms with E-state index < -0.39 is 5.91 Å². The number of hydrogen-bond acceptors (Lipinski definition) is 5. The molecule has 0 spiro atoms. The van der Waals surface area contributed by atoms with E-state index in [0.29, 0.717) is 12.5 Å². The third kappa shape index (κ3) is 4.84. The number of aromatic nitrogens is 3. The number of carbonyl (C=O) groups excluding carboxylic acids is 1. The molecule has 27 heavy (non-hydrogen) atoms. The molecule has 1 amide bonds. The highest BCUT2D eigenvalue weighted by Crippen LogP contribution is 2.16. The first-order valence-electron chi connectivity index (χ1n) is 8.95. The zero-order chi connectivity index (χ0) is 19.6. The van der Waals surface area contributed by atoms with E-state index in [4.69, 9.17) is 0 Å². The monoisotopic (exact) mass is 387 g/mol. The van der Waals surface area contributed by atoms with Gasteiger partial charge in [0.05, 0.1) is 12.2 Å². The maximum atomic E-state index is 12.4. The lowest BCUT2D eigenvalue weighted by Crippen LogP contribution is -2.30. The molecule has 0 saturated heterocycles. The number of carbonyl (C=O) groups is 1. The third-order valence-electron chi connectivity index (χ3n) is 4.08. The summed E-state index contributed by atoms with van der Waals surface area (Å²) in [7, 11) is 2.01. The summed E-state index contributed by atoms with van der Waals surface area (Å²) in [6.45, 7) is 8.18. The Labute approximate surface area is 162 Å². The molecule has 0 radical (unpaired) electrons. The van der Waals surface area contributed by atoms with Gasteiger partial charge >= 0.3 is 0 Å². The zero-order valence-electron chi connectivity index (χ0n) is 16.1. The summed E-state index contributed by atoms with van der Waals surface area (Å²) in [5, 5.41) is 2.77. The smallest absolute Gasteiger partial charge is 0.261 e. The van der Waals surface area contributed by atoms with Gasteiger partial charge in [-0.15, -0.1) is 11.3 Å². The Kier molecular flexibility index (Phi) is 5.76. The molecule has 7 nitrogen and oxygen atoms in total. The van der Waals surface area contributed by atoms with Gasteiger partial charge in [0.1, 0.15) is 5.56 Å². The van der Waals surface area contributed by atoms with Crippen LogP contribution in [0.25, 0.3) is 4.96 Å². The van der Waals surface area contributed by atoms with Crippen molar-refractivity contribution in [2.75, 3.05) is 13.6 Å². The molecular formula is C19H25N5O2S. The highest BCUT2D eigenvalue weighted by atomic mass is 32.1. The minimum atomic E-state index is -0.397. The lowest BCUT2D eigenvalue weighted by molar-refractivity contribution is 0.0949. The first-order chi connectivity index (χ1) is 12.8. The topological polar surface area (TPSA) is 82.5 Å². The molecule has 2 N–H and O–H groups in total. The van der Waals surface area contributed by atoms with Gasteiger partial charge in [-0.2, -0.15) is 0 Å². The molecule has 8 heteroatoms. The molecule has 3 aromatic heterocycles. The SMILES string of the molecule is Cc1cn2cc(CNC(=O)c3ccc(CN(C)CC(C)C)[nH]c3=O)nc2s1. The Morgan fingerprint density at radius 2 is 2.15 bits per heavy atom. The second kappa shape index (κ2) is 8.06. The third-order valence-corrected chi connectivity index (χ3v) is 5.00. The van der Waals surface area contributed by atoms with E-state index in [1.807, 2.05) is 30.8 Å². The van der Waals surface area contributed by atoms with Crippen molar-refractivity contribution in [3.63, 3.8) is 0 Å². The molecule has 0 aromatic carbocycles. The van der Waals surface area contributed by atoms with Crippen LogP contribution in [0, 0.1) is 12.8 Å². The average molecular weight is 388 g/mol. The van der Waals surface area contributed by atoms with E-state index in [9.17, 15) is 9.59 Å². The molecule has 0 aliphatic heterocycles. The number of pyridine rings is 1. The molecule has 0 bridgehead atoms. The first-order valence-corrected chi connectivity index (χ1v) is 9.76. The maximum absolute atomic E-state index is 12.4. The molecule has 3 heterocycles. The number of amides is 1. The average Bonchev–Trinajstić information content (AvgIpc) is 3.08. The van der Waals surface area contributed by atoms with Crippen molar-refractivity contribution >= 4 is 22.2 Å². The summed E-state index contributed by atoms with van der Waals surface area (Å²) in [5.74, 6) is 0.153. The molecule has 3 aromatic rings. The van der Waals surface area contributed by atoms with E-state index in [-0.39, 0.29) is 17.7 Å². The van der Waals surface area contributed by atoms with Gasteiger partial charge < -0.3 is 15.2 Å². The van der Waals surface area contributed by atoms with Gasteiger partial charge in [-0.3, -0.25) is 14.0 Å². The van der Waals surface area contributed by atoms with Crippen molar-refractivity contribution in [3.8, 4) is 0 Å². The number of H-pyrrole nitrogens is 1. The van der Waals surface area contributed by atoms with Crippen molar-refractivity contribution in [2.24, 2.45) is 5.92 Å². The van der Waals surface area contributed by atoms with E-state index in [0.717, 1.165) is 22.9 Å². The van der Waals surface area contributed by atoms with Crippen molar-refractivity contribution in [3.05, 3.63) is 56.7 Å². The Morgan fingerprint density at radius 1 is 1.37 bits per heavy atom. The largest absolute Gasteiger partial charge is 0.346 e. The summed E-state index contributed by atoms with van der Waals surface area (Å²) >= 11 is 1.60. The summed E-state index contributed by atoms with van der Waals surface area (Å²) < 4.78 is 1.94. The predicted octanol–water partition coefficient (Wildman–Crippen LogP) is 2.41. The van der Waals surface area contributed by atoms with Crippen LogP contribution in [-0.2, 0) is 13.1 Å². The van der Waals surface area contributed by atoms with Crippen molar-refractivity contribution in [2.45, 2.75) is 33.9 Å². The van der Waals surface area contributed by atoms with Crippen LogP contribution >= 0.6 is 11.3 Å². The Balaban J connectivity index is 1.62. The van der Waals surface area contributed by atoms with E-state index in [1.54, 1.807) is 23.5 Å². The first kappa shape index (κ1) is 19.3. The number of hydrogen-bond donors (Lipinski definition) is 2.